The third-order valence-corrected chi connectivity index (χ3v) is 11.1. The summed E-state index contributed by atoms with van der Waals surface area (Å²) in [5.74, 6) is -0.404. The second kappa shape index (κ2) is 7.75. The number of fused-ring (bicyclic) bond motifs is 5. The summed E-state index contributed by atoms with van der Waals surface area (Å²) in [6.45, 7) is 11.6. The molecule has 8 atom stereocenters. The molecule has 0 aromatic carbocycles. The quantitative estimate of drug-likeness (QED) is 0.642. The Hall–Kier alpha value is -0.500. The van der Waals surface area contributed by atoms with E-state index >= 15 is 0 Å². The third-order valence-electron chi connectivity index (χ3n) is 11.1. The van der Waals surface area contributed by atoms with Crippen molar-refractivity contribution < 1.29 is 28.8 Å². The fourth-order valence-electron chi connectivity index (χ4n) is 9.93. The van der Waals surface area contributed by atoms with E-state index in [1.54, 1.807) is 7.11 Å². The Morgan fingerprint density at radius 2 is 1.73 bits per heavy atom. The maximum Gasteiger partial charge on any atom is 0.230 e. The standard InChI is InChI=1S/C27H42O6/c1-17-6-5-7-18-8-9-19-20(25(17,18)3)10-11-24(2)22(19)23(21(28)16-29-4)26-27(24,32-14-12-30-26)33-15-13-31-26/h18-23,28H,1,5-16H2,2-4H3/t18-,19-,20+,21+,22-,23-,24+,25+,26?,27?/m1/s1. The number of aliphatic hydroxyl groups excluding tert-OH is 1. The molecule has 0 spiro atoms. The van der Waals surface area contributed by atoms with Crippen LogP contribution >= 0.6 is 0 Å². The van der Waals surface area contributed by atoms with Crippen molar-refractivity contribution in [2.24, 2.45) is 40.4 Å². The number of ether oxygens (including phenoxy) is 5. The van der Waals surface area contributed by atoms with Gasteiger partial charge in [-0.05, 0) is 74.0 Å². The summed E-state index contributed by atoms with van der Waals surface area (Å²) < 4.78 is 31.8. The molecule has 0 amide bonds. The van der Waals surface area contributed by atoms with Crippen molar-refractivity contribution in [1.29, 1.82) is 0 Å². The molecule has 4 saturated carbocycles. The molecule has 0 radical (unpaired) electrons. The Balaban J connectivity index is 1.49. The second-order valence-electron chi connectivity index (χ2n) is 12.0. The van der Waals surface area contributed by atoms with Crippen LogP contribution in [-0.4, -0.2) is 62.9 Å². The number of rotatable bonds is 3. The van der Waals surface area contributed by atoms with Gasteiger partial charge in [-0.25, -0.2) is 0 Å². The average Bonchev–Trinajstić information content (AvgIpc) is 3.03. The lowest BCUT2D eigenvalue weighted by molar-refractivity contribution is -0.484. The SMILES string of the molecule is C=C1CCC[C@@H]2CC[C@H]3[C@@H]4[C@@H]([C@@H](O)COC)C56OCCOC5(OCCO6)[C@@]4(C)CC[C@@H]3[C@@]12C. The first kappa shape index (κ1) is 22.9. The van der Waals surface area contributed by atoms with E-state index in [1.165, 1.54) is 31.3 Å². The van der Waals surface area contributed by atoms with Gasteiger partial charge in [-0.2, -0.15) is 0 Å². The van der Waals surface area contributed by atoms with Crippen LogP contribution in [0.15, 0.2) is 12.2 Å². The molecule has 0 unspecified atom stereocenters. The van der Waals surface area contributed by atoms with Gasteiger partial charge in [0.2, 0.25) is 11.6 Å². The lowest BCUT2D eigenvalue weighted by atomic mass is 9.43. The van der Waals surface area contributed by atoms with E-state index in [1.807, 2.05) is 0 Å². The minimum absolute atomic E-state index is 0.171. The van der Waals surface area contributed by atoms with Crippen molar-refractivity contribution in [3.8, 4) is 0 Å². The molecule has 2 heterocycles. The van der Waals surface area contributed by atoms with Crippen molar-refractivity contribution in [1.82, 2.24) is 0 Å². The highest BCUT2D eigenvalue weighted by molar-refractivity contribution is 5.26. The van der Waals surface area contributed by atoms with E-state index in [-0.39, 0.29) is 29.3 Å². The van der Waals surface area contributed by atoms with Crippen molar-refractivity contribution in [3.63, 3.8) is 0 Å². The van der Waals surface area contributed by atoms with Gasteiger partial charge >= 0.3 is 0 Å². The first-order valence-electron chi connectivity index (χ1n) is 13.3. The molecule has 6 fully saturated rings. The monoisotopic (exact) mass is 462 g/mol. The van der Waals surface area contributed by atoms with Gasteiger partial charge in [0, 0.05) is 12.5 Å². The maximum atomic E-state index is 11.6. The molecule has 33 heavy (non-hydrogen) atoms. The lowest BCUT2D eigenvalue weighted by Crippen LogP contribution is -2.71. The van der Waals surface area contributed by atoms with Crippen LogP contribution in [0.25, 0.3) is 0 Å². The highest BCUT2D eigenvalue weighted by atomic mass is 16.8. The van der Waals surface area contributed by atoms with Crippen LogP contribution in [0.5, 0.6) is 0 Å². The molecule has 1 N–H and O–H groups in total. The van der Waals surface area contributed by atoms with Crippen molar-refractivity contribution in [2.45, 2.75) is 76.5 Å². The zero-order valence-corrected chi connectivity index (χ0v) is 20.6. The summed E-state index contributed by atoms with van der Waals surface area (Å²) >= 11 is 0. The number of hydrogen-bond acceptors (Lipinski definition) is 6. The highest BCUT2D eigenvalue weighted by Gasteiger charge is 2.83. The Bertz CT molecular complexity index is 785. The molecule has 186 valence electrons. The maximum absolute atomic E-state index is 11.6. The largest absolute Gasteiger partial charge is 0.390 e. The summed E-state index contributed by atoms with van der Waals surface area (Å²) in [6, 6.07) is 0. The Morgan fingerprint density at radius 3 is 2.42 bits per heavy atom. The van der Waals surface area contributed by atoms with E-state index < -0.39 is 17.7 Å². The normalized spacial score (nSPS) is 54.4. The number of hydrogen-bond donors (Lipinski definition) is 1. The van der Waals surface area contributed by atoms with Crippen molar-refractivity contribution in [2.75, 3.05) is 40.1 Å². The molecule has 0 aromatic rings. The Morgan fingerprint density at radius 1 is 1.03 bits per heavy atom. The first-order chi connectivity index (χ1) is 15.9. The smallest absolute Gasteiger partial charge is 0.230 e. The summed E-state index contributed by atoms with van der Waals surface area (Å²) in [5.41, 5.74) is 1.33. The van der Waals surface area contributed by atoms with Crippen LogP contribution in [0.3, 0.4) is 0 Å². The van der Waals surface area contributed by atoms with Gasteiger partial charge in [-0.3, -0.25) is 0 Å². The molecule has 2 saturated heterocycles. The van der Waals surface area contributed by atoms with Crippen LogP contribution < -0.4 is 0 Å². The van der Waals surface area contributed by atoms with Gasteiger partial charge in [0.1, 0.15) is 0 Å². The molecule has 6 heteroatoms. The topological polar surface area (TPSA) is 66.4 Å². The van der Waals surface area contributed by atoms with Gasteiger partial charge in [0.05, 0.1) is 45.1 Å². The van der Waals surface area contributed by atoms with Gasteiger partial charge in [0.25, 0.3) is 0 Å². The minimum Gasteiger partial charge on any atom is -0.390 e. The second-order valence-corrected chi connectivity index (χ2v) is 12.0. The van der Waals surface area contributed by atoms with E-state index in [2.05, 4.69) is 20.4 Å². The molecule has 6 aliphatic rings. The molecule has 6 rings (SSSR count). The van der Waals surface area contributed by atoms with Gasteiger partial charge in [-0.1, -0.05) is 26.0 Å². The Kier molecular flexibility index (Phi) is 5.38. The zero-order valence-electron chi connectivity index (χ0n) is 20.6. The Labute approximate surface area is 198 Å². The zero-order chi connectivity index (χ0) is 23.1. The average molecular weight is 463 g/mol. The molecule has 0 bridgehead atoms. The molecule has 0 aromatic heterocycles. The van der Waals surface area contributed by atoms with E-state index in [9.17, 15) is 5.11 Å². The third kappa shape index (κ3) is 2.66. The number of methoxy groups -OCH3 is 1. The molecule has 4 aliphatic carbocycles. The predicted octanol–water partition coefficient (Wildman–Crippen LogP) is 3.91. The summed E-state index contributed by atoms with van der Waals surface area (Å²) in [6.07, 6.45) is 7.59. The number of allylic oxidation sites excluding steroid dienone is 1. The van der Waals surface area contributed by atoms with Crippen LogP contribution in [0.2, 0.25) is 0 Å². The minimum atomic E-state index is -1.09. The molecular formula is C27H42O6. The van der Waals surface area contributed by atoms with Crippen LogP contribution in [0, 0.1) is 40.4 Å². The van der Waals surface area contributed by atoms with E-state index in [0.29, 0.717) is 38.3 Å². The lowest BCUT2D eigenvalue weighted by Gasteiger charge is -2.62. The summed E-state index contributed by atoms with van der Waals surface area (Å²) in [7, 11) is 1.65. The fraction of sp³-hybridized carbons (Fsp3) is 0.926. The van der Waals surface area contributed by atoms with Crippen molar-refractivity contribution in [3.05, 3.63) is 12.2 Å². The summed E-state index contributed by atoms with van der Waals surface area (Å²) in [4.78, 5) is 0. The van der Waals surface area contributed by atoms with E-state index in [4.69, 9.17) is 23.7 Å². The van der Waals surface area contributed by atoms with Crippen LogP contribution in [0.4, 0.5) is 0 Å². The fourth-order valence-corrected chi connectivity index (χ4v) is 9.93. The van der Waals surface area contributed by atoms with Crippen molar-refractivity contribution >= 4 is 0 Å². The summed E-state index contributed by atoms with van der Waals surface area (Å²) in [5, 5.41) is 11.6. The molecule has 6 nitrogen and oxygen atoms in total. The van der Waals surface area contributed by atoms with Gasteiger partial charge in [-0.15, -0.1) is 0 Å². The first-order valence-corrected chi connectivity index (χ1v) is 13.3. The van der Waals surface area contributed by atoms with Crippen LogP contribution in [0.1, 0.15) is 58.8 Å². The van der Waals surface area contributed by atoms with Crippen LogP contribution in [-0.2, 0) is 23.7 Å². The highest BCUT2D eigenvalue weighted by Crippen LogP contribution is 2.75. The van der Waals surface area contributed by atoms with E-state index in [0.717, 1.165) is 25.2 Å². The number of aliphatic hydroxyl groups is 1. The predicted molar refractivity (Wildman–Crippen MR) is 122 cm³/mol. The van der Waals surface area contributed by atoms with Gasteiger partial charge in [0.15, 0.2) is 0 Å². The molecular weight excluding hydrogens is 420 g/mol. The molecule has 2 aliphatic heterocycles. The van der Waals surface area contributed by atoms with Gasteiger partial charge < -0.3 is 28.8 Å².